The molecular weight excluding hydrogens is 300 g/mol. The van der Waals surface area contributed by atoms with Crippen LogP contribution in [0.5, 0.6) is 5.75 Å². The number of aliphatic hydroxyl groups is 1. The summed E-state index contributed by atoms with van der Waals surface area (Å²) in [6.07, 6.45) is -0.408. The lowest BCUT2D eigenvalue weighted by molar-refractivity contribution is 0.193. The van der Waals surface area contributed by atoms with Gasteiger partial charge in [0.2, 0.25) is 0 Å². The lowest BCUT2D eigenvalue weighted by Crippen LogP contribution is -2.20. The molecule has 0 fully saturated rings. The summed E-state index contributed by atoms with van der Waals surface area (Å²) in [5.74, 6) is 0.530. The van der Waals surface area contributed by atoms with Crippen LogP contribution in [0.25, 0.3) is 11.1 Å². The maximum atomic E-state index is 12.2. The van der Waals surface area contributed by atoms with Gasteiger partial charge in [-0.25, -0.2) is 8.42 Å². The topological polar surface area (TPSA) is 63.6 Å². The van der Waals surface area contributed by atoms with Crippen LogP contribution < -0.4 is 4.74 Å². The minimum atomic E-state index is -3.45. The van der Waals surface area contributed by atoms with E-state index in [0.717, 1.165) is 16.9 Å². The first-order chi connectivity index (χ1) is 10.5. The van der Waals surface area contributed by atoms with E-state index in [1.54, 1.807) is 38.3 Å². The molecule has 0 aliphatic rings. The summed E-state index contributed by atoms with van der Waals surface area (Å²) in [5, 5.41) is 9.55. The van der Waals surface area contributed by atoms with Crippen molar-refractivity contribution in [1.29, 1.82) is 0 Å². The summed E-state index contributed by atoms with van der Waals surface area (Å²) >= 11 is 0. The summed E-state index contributed by atoms with van der Waals surface area (Å²) in [6.45, 7) is 1.76. The summed E-state index contributed by atoms with van der Waals surface area (Å²) in [7, 11) is -1.84. The summed E-state index contributed by atoms with van der Waals surface area (Å²) in [6, 6.07) is 14.3. The Labute approximate surface area is 131 Å². The van der Waals surface area contributed by atoms with Gasteiger partial charge in [-0.1, -0.05) is 31.2 Å². The lowest BCUT2D eigenvalue weighted by Gasteiger charge is -2.10. The van der Waals surface area contributed by atoms with E-state index < -0.39 is 15.9 Å². The monoisotopic (exact) mass is 320 g/mol. The number of hydrogen-bond donors (Lipinski definition) is 1. The normalized spacial score (nSPS) is 12.9. The molecule has 0 saturated carbocycles. The third-order valence-corrected chi connectivity index (χ3v) is 5.33. The van der Waals surface area contributed by atoms with Gasteiger partial charge in [-0.05, 0) is 41.8 Å². The zero-order valence-electron chi connectivity index (χ0n) is 12.7. The molecule has 2 aromatic rings. The number of methoxy groups -OCH3 is 1. The number of aliphatic hydroxyl groups excluding tert-OH is 1. The van der Waals surface area contributed by atoms with Gasteiger partial charge in [0.25, 0.3) is 0 Å². The fraction of sp³-hybridized carbons (Fsp3) is 0.294. The van der Waals surface area contributed by atoms with E-state index in [4.69, 9.17) is 4.74 Å². The average Bonchev–Trinajstić information content (AvgIpc) is 2.54. The predicted octanol–water partition coefficient (Wildman–Crippen LogP) is 2.91. The molecule has 0 amide bonds. The van der Waals surface area contributed by atoms with Crippen molar-refractivity contribution in [3.8, 4) is 16.9 Å². The molecule has 118 valence electrons. The molecule has 2 aromatic carbocycles. The van der Waals surface area contributed by atoms with Crippen molar-refractivity contribution in [2.75, 3.05) is 12.9 Å². The minimum Gasteiger partial charge on any atom is -0.497 e. The zero-order valence-corrected chi connectivity index (χ0v) is 13.5. The van der Waals surface area contributed by atoms with Gasteiger partial charge in [-0.2, -0.15) is 0 Å². The molecule has 1 N–H and O–H groups in total. The van der Waals surface area contributed by atoms with Crippen LogP contribution in [0.1, 0.15) is 13.3 Å². The van der Waals surface area contributed by atoms with E-state index in [9.17, 15) is 13.5 Å². The second kappa shape index (κ2) is 6.94. The number of benzene rings is 2. The van der Waals surface area contributed by atoms with Crippen molar-refractivity contribution < 1.29 is 18.3 Å². The largest absolute Gasteiger partial charge is 0.497 e. The van der Waals surface area contributed by atoms with Gasteiger partial charge in [-0.15, -0.1) is 0 Å². The van der Waals surface area contributed by atoms with Gasteiger partial charge >= 0.3 is 0 Å². The van der Waals surface area contributed by atoms with E-state index in [2.05, 4.69) is 0 Å². The van der Waals surface area contributed by atoms with Gasteiger partial charge in [0.15, 0.2) is 9.84 Å². The van der Waals surface area contributed by atoms with E-state index >= 15 is 0 Å². The van der Waals surface area contributed by atoms with Crippen molar-refractivity contribution in [2.24, 2.45) is 0 Å². The lowest BCUT2D eigenvalue weighted by atomic mass is 10.1. The first kappa shape index (κ1) is 16.5. The van der Waals surface area contributed by atoms with Gasteiger partial charge in [0.1, 0.15) is 5.75 Å². The molecule has 0 spiro atoms. The molecule has 0 aliphatic heterocycles. The summed E-state index contributed by atoms with van der Waals surface area (Å²) in [4.78, 5) is 0.234. The minimum absolute atomic E-state index is 0.234. The molecule has 0 aromatic heterocycles. The van der Waals surface area contributed by atoms with Crippen LogP contribution in [0.2, 0.25) is 0 Å². The number of sulfone groups is 1. The highest BCUT2D eigenvalue weighted by molar-refractivity contribution is 7.91. The van der Waals surface area contributed by atoms with Gasteiger partial charge < -0.3 is 9.84 Å². The maximum Gasteiger partial charge on any atom is 0.180 e. The quantitative estimate of drug-likeness (QED) is 0.889. The fourth-order valence-electron chi connectivity index (χ4n) is 2.11. The van der Waals surface area contributed by atoms with Crippen LogP contribution in [-0.4, -0.2) is 32.5 Å². The van der Waals surface area contributed by atoms with Crippen LogP contribution in [0.15, 0.2) is 53.4 Å². The summed E-state index contributed by atoms with van der Waals surface area (Å²) < 4.78 is 29.4. The van der Waals surface area contributed by atoms with Crippen LogP contribution in [0, 0.1) is 0 Å². The standard InChI is InChI=1S/C17H20O4S/c1-3-15(18)12-22(19,20)17-10-6-14(7-11-17)13-4-8-16(21-2)9-5-13/h4-11,15,18H,3,12H2,1-2H3. The highest BCUT2D eigenvalue weighted by Gasteiger charge is 2.18. The Balaban J connectivity index is 2.22. The first-order valence-electron chi connectivity index (χ1n) is 7.11. The van der Waals surface area contributed by atoms with E-state index in [1.165, 1.54) is 0 Å². The Morgan fingerprint density at radius 3 is 1.95 bits per heavy atom. The van der Waals surface area contributed by atoms with Crippen molar-refractivity contribution in [3.05, 3.63) is 48.5 Å². The Kier molecular flexibility index (Phi) is 5.21. The molecule has 4 nitrogen and oxygen atoms in total. The molecule has 1 unspecified atom stereocenters. The van der Waals surface area contributed by atoms with Crippen LogP contribution in [-0.2, 0) is 9.84 Å². The molecule has 22 heavy (non-hydrogen) atoms. The Bertz CT molecular complexity index is 703. The maximum absolute atomic E-state index is 12.2. The predicted molar refractivity (Wildman–Crippen MR) is 86.8 cm³/mol. The Morgan fingerprint density at radius 1 is 1.00 bits per heavy atom. The number of hydrogen-bond acceptors (Lipinski definition) is 4. The van der Waals surface area contributed by atoms with Crippen molar-refractivity contribution in [1.82, 2.24) is 0 Å². The molecule has 1 atom stereocenters. The molecular formula is C17H20O4S. The highest BCUT2D eigenvalue weighted by Crippen LogP contribution is 2.24. The molecule has 5 heteroatoms. The van der Waals surface area contributed by atoms with Gasteiger partial charge in [0, 0.05) is 0 Å². The third kappa shape index (κ3) is 3.87. The van der Waals surface area contributed by atoms with E-state index in [0.29, 0.717) is 6.42 Å². The van der Waals surface area contributed by atoms with Crippen molar-refractivity contribution >= 4 is 9.84 Å². The molecule has 0 radical (unpaired) electrons. The van der Waals surface area contributed by atoms with Gasteiger partial charge in [-0.3, -0.25) is 0 Å². The second-order valence-corrected chi connectivity index (χ2v) is 7.13. The van der Waals surface area contributed by atoms with Crippen LogP contribution in [0.3, 0.4) is 0 Å². The zero-order chi connectivity index (χ0) is 16.2. The fourth-order valence-corrected chi connectivity index (χ4v) is 3.59. The number of rotatable bonds is 6. The molecule has 0 saturated heterocycles. The van der Waals surface area contributed by atoms with Crippen molar-refractivity contribution in [2.45, 2.75) is 24.3 Å². The summed E-state index contributed by atoms with van der Waals surface area (Å²) in [5.41, 5.74) is 1.91. The van der Waals surface area contributed by atoms with Gasteiger partial charge in [0.05, 0.1) is 23.9 Å². The van der Waals surface area contributed by atoms with Crippen LogP contribution in [0.4, 0.5) is 0 Å². The van der Waals surface area contributed by atoms with Crippen molar-refractivity contribution in [3.63, 3.8) is 0 Å². The second-order valence-electron chi connectivity index (χ2n) is 5.10. The first-order valence-corrected chi connectivity index (χ1v) is 8.77. The average molecular weight is 320 g/mol. The molecule has 0 bridgehead atoms. The molecule has 2 rings (SSSR count). The number of ether oxygens (including phenoxy) is 1. The third-order valence-electron chi connectivity index (χ3n) is 3.52. The Hall–Kier alpha value is -1.85. The smallest absolute Gasteiger partial charge is 0.180 e. The van der Waals surface area contributed by atoms with E-state index in [1.807, 2.05) is 24.3 Å². The SMILES string of the molecule is CCC(O)CS(=O)(=O)c1ccc(-c2ccc(OC)cc2)cc1. The van der Waals surface area contributed by atoms with E-state index in [-0.39, 0.29) is 10.6 Å². The molecule has 0 heterocycles. The van der Waals surface area contributed by atoms with Crippen LogP contribution >= 0.6 is 0 Å². The Morgan fingerprint density at radius 2 is 1.50 bits per heavy atom. The highest BCUT2D eigenvalue weighted by atomic mass is 32.2. The molecule has 0 aliphatic carbocycles.